The Bertz CT molecular complexity index is 610. The Hall–Kier alpha value is -2.51. The number of anilines is 1. The van der Waals surface area contributed by atoms with Crippen molar-refractivity contribution in [2.75, 3.05) is 5.73 Å². The number of non-ortho nitro benzene ring substituents is 1. The highest BCUT2D eigenvalue weighted by molar-refractivity contribution is 5.47. The molecule has 0 bridgehead atoms. The molecule has 1 aromatic heterocycles. The van der Waals surface area contributed by atoms with E-state index in [0.29, 0.717) is 12.1 Å². The molecule has 0 aliphatic heterocycles. The SMILES string of the molecule is CCc1c(N)nnn1-c1cc([N+](=O)[O-])ccc1F. The standard InChI is InChI=1S/C10H10FN5O2/c1-2-8-10(12)13-14-15(8)9-5-6(16(17)18)3-4-7(9)11/h3-5H,2,12H2,1H3. The minimum atomic E-state index is -0.625. The summed E-state index contributed by atoms with van der Waals surface area (Å²) in [7, 11) is 0. The molecule has 2 rings (SSSR count). The minimum Gasteiger partial charge on any atom is -0.381 e. The Balaban J connectivity index is 2.62. The molecule has 2 N–H and O–H groups in total. The quantitative estimate of drug-likeness (QED) is 0.657. The van der Waals surface area contributed by atoms with E-state index in [1.165, 1.54) is 4.68 Å². The maximum absolute atomic E-state index is 13.7. The highest BCUT2D eigenvalue weighted by Crippen LogP contribution is 2.22. The largest absolute Gasteiger partial charge is 0.381 e. The van der Waals surface area contributed by atoms with Gasteiger partial charge in [-0.05, 0) is 12.5 Å². The minimum absolute atomic E-state index is 0.0368. The van der Waals surface area contributed by atoms with Gasteiger partial charge in [0.05, 0.1) is 10.6 Å². The summed E-state index contributed by atoms with van der Waals surface area (Å²) in [6.07, 6.45) is 0.487. The van der Waals surface area contributed by atoms with Gasteiger partial charge in [-0.2, -0.15) is 0 Å². The summed E-state index contributed by atoms with van der Waals surface area (Å²) >= 11 is 0. The Labute approximate surface area is 101 Å². The van der Waals surface area contributed by atoms with Crippen LogP contribution in [-0.4, -0.2) is 19.9 Å². The van der Waals surface area contributed by atoms with E-state index in [9.17, 15) is 14.5 Å². The first-order valence-corrected chi connectivity index (χ1v) is 5.19. The first-order valence-electron chi connectivity index (χ1n) is 5.19. The molecule has 7 nitrogen and oxygen atoms in total. The molecule has 0 radical (unpaired) electrons. The third kappa shape index (κ3) is 1.88. The van der Waals surface area contributed by atoms with Crippen LogP contribution in [0.4, 0.5) is 15.9 Å². The molecule has 2 aromatic rings. The summed E-state index contributed by atoms with van der Waals surface area (Å²) in [5, 5.41) is 18.0. The first-order chi connectivity index (χ1) is 8.54. The van der Waals surface area contributed by atoms with E-state index >= 15 is 0 Å². The molecule has 18 heavy (non-hydrogen) atoms. The first kappa shape index (κ1) is 12.0. The zero-order valence-corrected chi connectivity index (χ0v) is 9.50. The van der Waals surface area contributed by atoms with Crippen molar-refractivity contribution in [3.63, 3.8) is 0 Å². The second-order valence-electron chi connectivity index (χ2n) is 3.58. The van der Waals surface area contributed by atoms with Gasteiger partial charge in [-0.25, -0.2) is 9.07 Å². The molecule has 0 saturated heterocycles. The molecule has 1 aromatic carbocycles. The Morgan fingerprint density at radius 3 is 2.89 bits per heavy atom. The van der Waals surface area contributed by atoms with Crippen LogP contribution in [0, 0.1) is 15.9 Å². The Morgan fingerprint density at radius 1 is 1.56 bits per heavy atom. The number of halogens is 1. The number of aromatic nitrogens is 3. The maximum atomic E-state index is 13.7. The van der Waals surface area contributed by atoms with Crippen molar-refractivity contribution in [1.82, 2.24) is 15.0 Å². The molecular weight excluding hydrogens is 241 g/mol. The molecule has 0 aliphatic rings. The zero-order chi connectivity index (χ0) is 13.3. The van der Waals surface area contributed by atoms with Gasteiger partial charge in [0.25, 0.3) is 5.69 Å². The van der Waals surface area contributed by atoms with Gasteiger partial charge in [-0.3, -0.25) is 10.1 Å². The van der Waals surface area contributed by atoms with E-state index in [4.69, 9.17) is 5.73 Å². The van der Waals surface area contributed by atoms with E-state index in [0.717, 1.165) is 18.2 Å². The fourth-order valence-corrected chi connectivity index (χ4v) is 1.61. The van der Waals surface area contributed by atoms with Crippen molar-refractivity contribution in [3.8, 4) is 5.69 Å². The van der Waals surface area contributed by atoms with E-state index in [2.05, 4.69) is 10.3 Å². The number of rotatable bonds is 3. The number of hydrogen-bond donors (Lipinski definition) is 1. The van der Waals surface area contributed by atoms with E-state index < -0.39 is 10.7 Å². The molecule has 8 heteroatoms. The van der Waals surface area contributed by atoms with E-state index in [1.807, 2.05) is 0 Å². The molecule has 94 valence electrons. The van der Waals surface area contributed by atoms with Gasteiger partial charge in [0, 0.05) is 12.1 Å². The predicted octanol–water partition coefficient (Wildman–Crippen LogP) is 1.46. The van der Waals surface area contributed by atoms with Gasteiger partial charge in [0.15, 0.2) is 5.82 Å². The molecule has 1 heterocycles. The predicted molar refractivity (Wildman–Crippen MR) is 61.8 cm³/mol. The monoisotopic (exact) mass is 251 g/mol. The number of nitrogen functional groups attached to an aromatic ring is 1. The average molecular weight is 251 g/mol. The van der Waals surface area contributed by atoms with Crippen LogP contribution in [-0.2, 0) is 6.42 Å². The third-order valence-corrected chi connectivity index (χ3v) is 2.50. The number of nitrogens with two attached hydrogens (primary N) is 1. The lowest BCUT2D eigenvalue weighted by molar-refractivity contribution is -0.384. The molecule has 0 fully saturated rings. The fraction of sp³-hybridized carbons (Fsp3) is 0.200. The highest BCUT2D eigenvalue weighted by atomic mass is 19.1. The van der Waals surface area contributed by atoms with Crippen LogP contribution in [0.25, 0.3) is 5.69 Å². The van der Waals surface area contributed by atoms with Gasteiger partial charge >= 0.3 is 0 Å². The summed E-state index contributed by atoms with van der Waals surface area (Å²) in [4.78, 5) is 10.1. The molecule has 0 atom stereocenters. The second kappa shape index (κ2) is 4.40. The molecular formula is C10H10FN5O2. The number of nitrogens with zero attached hydrogens (tertiary/aromatic N) is 4. The average Bonchev–Trinajstić information content (AvgIpc) is 2.70. The van der Waals surface area contributed by atoms with Crippen LogP contribution in [0.2, 0.25) is 0 Å². The highest BCUT2D eigenvalue weighted by Gasteiger charge is 2.17. The van der Waals surface area contributed by atoms with Crippen LogP contribution >= 0.6 is 0 Å². The van der Waals surface area contributed by atoms with E-state index in [1.54, 1.807) is 6.92 Å². The van der Waals surface area contributed by atoms with Gasteiger partial charge in [0.2, 0.25) is 0 Å². The summed E-state index contributed by atoms with van der Waals surface area (Å²) in [6, 6.07) is 3.21. The number of benzene rings is 1. The van der Waals surface area contributed by atoms with Crippen molar-refractivity contribution >= 4 is 11.5 Å². The van der Waals surface area contributed by atoms with Crippen LogP contribution in [0.15, 0.2) is 18.2 Å². The summed E-state index contributed by atoms with van der Waals surface area (Å²) in [5.41, 5.74) is 5.84. The Morgan fingerprint density at radius 2 is 2.28 bits per heavy atom. The van der Waals surface area contributed by atoms with Gasteiger partial charge in [0.1, 0.15) is 11.5 Å². The number of nitro groups is 1. The fourth-order valence-electron chi connectivity index (χ4n) is 1.61. The molecule has 0 aliphatic carbocycles. The number of nitro benzene ring substituents is 1. The second-order valence-corrected chi connectivity index (χ2v) is 3.58. The van der Waals surface area contributed by atoms with Crippen molar-refractivity contribution in [2.45, 2.75) is 13.3 Å². The topological polar surface area (TPSA) is 99.9 Å². The van der Waals surface area contributed by atoms with Gasteiger partial charge in [-0.15, -0.1) is 5.10 Å². The van der Waals surface area contributed by atoms with Crippen LogP contribution < -0.4 is 5.73 Å². The smallest absolute Gasteiger partial charge is 0.271 e. The molecule has 0 amide bonds. The zero-order valence-electron chi connectivity index (χ0n) is 9.50. The molecule has 0 spiro atoms. The van der Waals surface area contributed by atoms with Crippen molar-refractivity contribution in [3.05, 3.63) is 39.8 Å². The van der Waals surface area contributed by atoms with Gasteiger partial charge < -0.3 is 5.73 Å². The lowest BCUT2D eigenvalue weighted by Crippen LogP contribution is -2.05. The van der Waals surface area contributed by atoms with E-state index in [-0.39, 0.29) is 17.2 Å². The summed E-state index contributed by atoms with van der Waals surface area (Å²) in [5.74, 6) is -0.441. The maximum Gasteiger partial charge on any atom is 0.271 e. The normalized spacial score (nSPS) is 10.6. The van der Waals surface area contributed by atoms with Crippen LogP contribution in [0.3, 0.4) is 0 Å². The molecule has 0 unspecified atom stereocenters. The number of hydrogen-bond acceptors (Lipinski definition) is 5. The third-order valence-electron chi connectivity index (χ3n) is 2.50. The Kier molecular flexibility index (Phi) is 2.92. The van der Waals surface area contributed by atoms with Crippen molar-refractivity contribution in [1.29, 1.82) is 0 Å². The van der Waals surface area contributed by atoms with Crippen LogP contribution in [0.1, 0.15) is 12.6 Å². The summed E-state index contributed by atoms with van der Waals surface area (Å²) in [6.45, 7) is 1.81. The lowest BCUT2D eigenvalue weighted by atomic mass is 10.2. The lowest BCUT2D eigenvalue weighted by Gasteiger charge is -2.05. The van der Waals surface area contributed by atoms with Crippen molar-refractivity contribution in [2.24, 2.45) is 0 Å². The van der Waals surface area contributed by atoms with Gasteiger partial charge in [-0.1, -0.05) is 12.1 Å². The van der Waals surface area contributed by atoms with Crippen molar-refractivity contribution < 1.29 is 9.31 Å². The molecule has 0 saturated carbocycles. The van der Waals surface area contributed by atoms with Crippen LogP contribution in [0.5, 0.6) is 0 Å². The summed E-state index contributed by atoms with van der Waals surface area (Å²) < 4.78 is 14.9.